The third-order valence-electron chi connectivity index (χ3n) is 4.22. The molecule has 0 aliphatic carbocycles. The van der Waals surface area contributed by atoms with Crippen molar-refractivity contribution in [2.45, 2.75) is 6.61 Å². The fraction of sp³-hybridized carbons (Fsp3) is 0.143. The smallest absolute Gasteiger partial charge is 0.162 e. The molecule has 0 fully saturated rings. The molecule has 0 radical (unpaired) electrons. The quantitative estimate of drug-likeness (QED) is 0.457. The number of ether oxygens (including phenoxy) is 3. The minimum atomic E-state index is 0. The van der Waals surface area contributed by atoms with E-state index in [1.807, 2.05) is 48.5 Å². The monoisotopic (exact) mass is 413 g/mol. The first-order valence-electron chi connectivity index (χ1n) is 8.66. The van der Waals surface area contributed by atoms with E-state index in [1.165, 1.54) is 6.33 Å². The lowest BCUT2D eigenvalue weighted by atomic mass is 10.2. The maximum absolute atomic E-state index is 5.70. The van der Waals surface area contributed by atoms with Gasteiger partial charge in [-0.2, -0.15) is 0 Å². The molecule has 8 heteroatoms. The molecule has 0 saturated heterocycles. The van der Waals surface area contributed by atoms with E-state index in [1.54, 1.807) is 20.5 Å². The van der Waals surface area contributed by atoms with Gasteiger partial charge in [0.2, 0.25) is 0 Å². The number of rotatable bonds is 7. The van der Waals surface area contributed by atoms with Crippen LogP contribution in [0.1, 0.15) is 5.76 Å². The second-order valence-corrected chi connectivity index (χ2v) is 5.96. The molecule has 0 amide bonds. The Labute approximate surface area is 174 Å². The second kappa shape index (κ2) is 9.16. The number of nitrogens with one attached hydrogen (secondary N) is 1. The van der Waals surface area contributed by atoms with Crippen LogP contribution in [0, 0.1) is 0 Å². The first-order chi connectivity index (χ1) is 13.8. The molecule has 0 bridgehead atoms. The molecular formula is C21H20ClN3O4. The topological polar surface area (TPSA) is 78.6 Å². The van der Waals surface area contributed by atoms with Crippen molar-refractivity contribution in [3.8, 4) is 17.2 Å². The molecule has 0 aliphatic heterocycles. The molecule has 0 unspecified atom stereocenters. The maximum Gasteiger partial charge on any atom is 0.162 e. The fourth-order valence-electron chi connectivity index (χ4n) is 2.80. The van der Waals surface area contributed by atoms with Crippen LogP contribution in [0.15, 0.2) is 65.5 Å². The number of halogens is 1. The van der Waals surface area contributed by atoms with Crippen molar-refractivity contribution in [1.82, 2.24) is 9.97 Å². The Bertz CT molecular complexity index is 1070. The van der Waals surface area contributed by atoms with Crippen molar-refractivity contribution in [2.24, 2.45) is 0 Å². The molecule has 4 aromatic rings. The number of hydrogen-bond acceptors (Lipinski definition) is 7. The summed E-state index contributed by atoms with van der Waals surface area (Å²) < 4.78 is 21.7. The largest absolute Gasteiger partial charge is 0.493 e. The number of nitrogens with zero attached hydrogens (tertiary/aromatic N) is 2. The Morgan fingerprint density at radius 3 is 2.41 bits per heavy atom. The lowest BCUT2D eigenvalue weighted by Gasteiger charge is -2.12. The van der Waals surface area contributed by atoms with Crippen LogP contribution in [0.5, 0.6) is 17.2 Å². The lowest BCUT2D eigenvalue weighted by molar-refractivity contribution is 0.270. The number of furan rings is 1. The molecule has 29 heavy (non-hydrogen) atoms. The minimum absolute atomic E-state index is 0. The van der Waals surface area contributed by atoms with Gasteiger partial charge in [-0.3, -0.25) is 0 Å². The fourth-order valence-corrected chi connectivity index (χ4v) is 2.80. The molecule has 150 valence electrons. The molecular weight excluding hydrogens is 394 g/mol. The Hall–Kier alpha value is -3.45. The van der Waals surface area contributed by atoms with Gasteiger partial charge in [0.05, 0.1) is 26.0 Å². The van der Waals surface area contributed by atoms with Crippen molar-refractivity contribution in [3.05, 3.63) is 66.9 Å². The molecule has 2 heterocycles. The molecule has 0 spiro atoms. The predicted molar refractivity (Wildman–Crippen MR) is 113 cm³/mol. The Morgan fingerprint density at radius 1 is 0.966 bits per heavy atom. The van der Waals surface area contributed by atoms with Crippen molar-refractivity contribution in [1.29, 1.82) is 0 Å². The summed E-state index contributed by atoms with van der Waals surface area (Å²) in [7, 11) is 3.20. The molecule has 7 nitrogen and oxygen atoms in total. The van der Waals surface area contributed by atoms with Crippen molar-refractivity contribution in [3.63, 3.8) is 0 Å². The van der Waals surface area contributed by atoms with Gasteiger partial charge in [-0.25, -0.2) is 9.97 Å². The summed E-state index contributed by atoms with van der Waals surface area (Å²) in [5.41, 5.74) is 1.63. The van der Waals surface area contributed by atoms with E-state index < -0.39 is 0 Å². The zero-order valence-electron chi connectivity index (χ0n) is 15.9. The third kappa shape index (κ3) is 4.52. The normalized spacial score (nSPS) is 10.3. The molecule has 0 aliphatic rings. The highest BCUT2D eigenvalue weighted by Gasteiger charge is 2.11. The average molecular weight is 414 g/mol. The van der Waals surface area contributed by atoms with Gasteiger partial charge in [0.15, 0.2) is 11.5 Å². The van der Waals surface area contributed by atoms with E-state index in [-0.39, 0.29) is 12.4 Å². The summed E-state index contributed by atoms with van der Waals surface area (Å²) >= 11 is 0. The predicted octanol–water partition coefficient (Wildman–Crippen LogP) is 4.98. The van der Waals surface area contributed by atoms with E-state index in [4.69, 9.17) is 18.6 Å². The standard InChI is InChI=1S/C21H19N3O4.ClH/c1-25-19-10-17-18(11-20(19)26-2)22-13-23-21(17)24-14-5-7-15(8-6-14)28-12-16-4-3-9-27-16;/h3-11,13H,12H2,1-2H3,(H,22,23,24);1H. The van der Waals surface area contributed by atoms with Crippen molar-refractivity contribution >= 4 is 34.8 Å². The van der Waals surface area contributed by atoms with E-state index in [9.17, 15) is 0 Å². The summed E-state index contributed by atoms with van der Waals surface area (Å²) in [4.78, 5) is 8.68. The van der Waals surface area contributed by atoms with Crippen LogP contribution in [0.4, 0.5) is 11.5 Å². The Morgan fingerprint density at radius 2 is 1.72 bits per heavy atom. The average Bonchev–Trinajstić information content (AvgIpc) is 3.26. The number of anilines is 2. The highest BCUT2D eigenvalue weighted by Crippen LogP contribution is 2.34. The van der Waals surface area contributed by atoms with Crippen molar-refractivity contribution in [2.75, 3.05) is 19.5 Å². The van der Waals surface area contributed by atoms with Crippen LogP contribution in [0.2, 0.25) is 0 Å². The highest BCUT2D eigenvalue weighted by molar-refractivity contribution is 5.93. The van der Waals surface area contributed by atoms with Crippen LogP contribution >= 0.6 is 12.4 Å². The number of aromatic nitrogens is 2. The maximum atomic E-state index is 5.70. The zero-order valence-corrected chi connectivity index (χ0v) is 16.7. The van der Waals surface area contributed by atoms with Crippen LogP contribution in [0.3, 0.4) is 0 Å². The summed E-state index contributed by atoms with van der Waals surface area (Å²) in [5, 5.41) is 4.14. The summed E-state index contributed by atoms with van der Waals surface area (Å²) in [6.45, 7) is 0.387. The molecule has 4 rings (SSSR count). The van der Waals surface area contributed by atoms with Gasteiger partial charge in [-0.15, -0.1) is 12.4 Å². The van der Waals surface area contributed by atoms with Gasteiger partial charge >= 0.3 is 0 Å². The second-order valence-electron chi connectivity index (χ2n) is 5.96. The number of fused-ring (bicyclic) bond motifs is 1. The van der Waals surface area contributed by atoms with Gasteiger partial charge in [-0.1, -0.05) is 0 Å². The third-order valence-corrected chi connectivity index (χ3v) is 4.22. The van der Waals surface area contributed by atoms with Gasteiger partial charge < -0.3 is 23.9 Å². The summed E-state index contributed by atoms with van der Waals surface area (Å²) in [6, 6.07) is 15.0. The first-order valence-corrected chi connectivity index (χ1v) is 8.66. The van der Waals surface area contributed by atoms with Gasteiger partial charge in [0, 0.05) is 17.1 Å². The van der Waals surface area contributed by atoms with Gasteiger partial charge in [0.1, 0.15) is 30.3 Å². The van der Waals surface area contributed by atoms with Crippen LogP contribution in [-0.4, -0.2) is 24.2 Å². The van der Waals surface area contributed by atoms with Crippen molar-refractivity contribution < 1.29 is 18.6 Å². The van der Waals surface area contributed by atoms with Gasteiger partial charge in [-0.05, 0) is 42.5 Å². The molecule has 2 aromatic carbocycles. The number of hydrogen-bond donors (Lipinski definition) is 1. The van der Waals surface area contributed by atoms with E-state index in [0.717, 1.165) is 28.1 Å². The summed E-state index contributed by atoms with van der Waals surface area (Å²) in [5.74, 6) is 3.45. The highest BCUT2D eigenvalue weighted by atomic mass is 35.5. The van der Waals surface area contributed by atoms with Crippen LogP contribution < -0.4 is 19.5 Å². The molecule has 0 atom stereocenters. The van der Waals surface area contributed by atoms with Crippen LogP contribution in [0.25, 0.3) is 10.9 Å². The SMILES string of the molecule is COc1cc2ncnc(Nc3ccc(OCc4ccco4)cc3)c2cc1OC.Cl. The first kappa shape index (κ1) is 20.3. The molecule has 2 aromatic heterocycles. The van der Waals surface area contributed by atoms with E-state index in [0.29, 0.717) is 23.9 Å². The summed E-state index contributed by atoms with van der Waals surface area (Å²) in [6.07, 6.45) is 3.14. The van der Waals surface area contributed by atoms with Gasteiger partial charge in [0.25, 0.3) is 0 Å². The zero-order chi connectivity index (χ0) is 19.3. The lowest BCUT2D eigenvalue weighted by Crippen LogP contribution is -1.98. The minimum Gasteiger partial charge on any atom is -0.493 e. The molecule has 1 N–H and O–H groups in total. The van der Waals surface area contributed by atoms with Crippen LogP contribution in [-0.2, 0) is 6.61 Å². The number of methoxy groups -OCH3 is 2. The van der Waals surface area contributed by atoms with E-state index >= 15 is 0 Å². The molecule has 0 saturated carbocycles. The van der Waals surface area contributed by atoms with E-state index in [2.05, 4.69) is 15.3 Å². The number of benzene rings is 2. The Balaban J connectivity index is 0.00000240. The Kier molecular flexibility index (Phi) is 6.41.